The van der Waals surface area contributed by atoms with Crippen molar-refractivity contribution in [2.24, 2.45) is 0 Å². The van der Waals surface area contributed by atoms with Gasteiger partial charge < -0.3 is 5.11 Å². The van der Waals surface area contributed by atoms with Gasteiger partial charge in [0.2, 0.25) is 0 Å². The first-order valence-corrected chi connectivity index (χ1v) is 6.39. The van der Waals surface area contributed by atoms with E-state index < -0.39 is 6.09 Å². The molecular weight excluding hydrogens is 238 g/mol. The van der Waals surface area contributed by atoms with E-state index in [-0.39, 0.29) is 6.04 Å². The number of benzene rings is 2. The lowest BCUT2D eigenvalue weighted by atomic mass is 9.88. The van der Waals surface area contributed by atoms with Crippen molar-refractivity contribution in [1.82, 2.24) is 4.90 Å². The summed E-state index contributed by atoms with van der Waals surface area (Å²) >= 11 is 0. The highest BCUT2D eigenvalue weighted by Gasteiger charge is 2.31. The molecule has 1 aliphatic rings. The second-order valence-corrected chi connectivity index (χ2v) is 4.74. The molecule has 96 valence electrons. The SMILES string of the molecule is O=C(O)N1CCc2ccccc2[C@H]1c1ccccc1. The molecule has 0 unspecified atom stereocenters. The summed E-state index contributed by atoms with van der Waals surface area (Å²) in [6.07, 6.45) is -0.0745. The van der Waals surface area contributed by atoms with E-state index in [0.29, 0.717) is 6.54 Å². The van der Waals surface area contributed by atoms with Crippen LogP contribution in [-0.2, 0) is 6.42 Å². The van der Waals surface area contributed by atoms with E-state index in [2.05, 4.69) is 6.07 Å². The van der Waals surface area contributed by atoms with Gasteiger partial charge in [0.05, 0.1) is 6.04 Å². The van der Waals surface area contributed by atoms with Crippen molar-refractivity contribution in [1.29, 1.82) is 0 Å². The minimum Gasteiger partial charge on any atom is -0.465 e. The van der Waals surface area contributed by atoms with Crippen LogP contribution in [0, 0.1) is 0 Å². The fourth-order valence-electron chi connectivity index (χ4n) is 2.77. The Hall–Kier alpha value is -2.29. The number of hydrogen-bond acceptors (Lipinski definition) is 1. The molecule has 1 atom stereocenters. The molecular formula is C16H15NO2. The summed E-state index contributed by atoms with van der Waals surface area (Å²) < 4.78 is 0. The van der Waals surface area contributed by atoms with Crippen molar-refractivity contribution >= 4 is 6.09 Å². The van der Waals surface area contributed by atoms with Crippen LogP contribution < -0.4 is 0 Å². The van der Waals surface area contributed by atoms with Gasteiger partial charge in [-0.2, -0.15) is 0 Å². The van der Waals surface area contributed by atoms with Gasteiger partial charge >= 0.3 is 6.09 Å². The van der Waals surface area contributed by atoms with E-state index in [1.54, 1.807) is 0 Å². The summed E-state index contributed by atoms with van der Waals surface area (Å²) in [6.45, 7) is 0.548. The average Bonchev–Trinajstić information content (AvgIpc) is 2.46. The van der Waals surface area contributed by atoms with Crippen LogP contribution in [0.2, 0.25) is 0 Å². The molecule has 2 aromatic carbocycles. The molecule has 0 bridgehead atoms. The van der Waals surface area contributed by atoms with Crippen molar-refractivity contribution in [3.8, 4) is 0 Å². The molecule has 0 saturated heterocycles. The third-order valence-electron chi connectivity index (χ3n) is 3.64. The average molecular weight is 253 g/mol. The standard InChI is InChI=1S/C16H15NO2/c18-16(19)17-11-10-12-6-4-5-9-14(12)15(17)13-7-2-1-3-8-13/h1-9,15H,10-11H2,(H,18,19)/t15-/m1/s1. The number of amides is 1. The van der Waals surface area contributed by atoms with Crippen molar-refractivity contribution in [2.75, 3.05) is 6.54 Å². The number of carbonyl (C=O) groups is 1. The van der Waals surface area contributed by atoms with E-state index >= 15 is 0 Å². The molecule has 2 aromatic rings. The first-order valence-electron chi connectivity index (χ1n) is 6.39. The summed E-state index contributed by atoms with van der Waals surface area (Å²) in [5.41, 5.74) is 3.37. The Balaban J connectivity index is 2.13. The molecule has 0 saturated carbocycles. The molecule has 19 heavy (non-hydrogen) atoms. The van der Waals surface area contributed by atoms with Crippen LogP contribution in [0.25, 0.3) is 0 Å². The van der Waals surface area contributed by atoms with Crippen molar-refractivity contribution in [3.63, 3.8) is 0 Å². The number of rotatable bonds is 1. The van der Waals surface area contributed by atoms with Crippen LogP contribution in [-0.4, -0.2) is 22.6 Å². The zero-order valence-electron chi connectivity index (χ0n) is 10.5. The first kappa shape index (κ1) is 11.8. The molecule has 1 aliphatic heterocycles. The van der Waals surface area contributed by atoms with Crippen LogP contribution >= 0.6 is 0 Å². The van der Waals surface area contributed by atoms with E-state index in [1.165, 1.54) is 10.5 Å². The number of hydrogen-bond donors (Lipinski definition) is 1. The van der Waals surface area contributed by atoms with Gasteiger partial charge in [0.15, 0.2) is 0 Å². The monoisotopic (exact) mass is 253 g/mol. The molecule has 0 aromatic heterocycles. The quantitative estimate of drug-likeness (QED) is 0.847. The Morgan fingerprint density at radius 1 is 1.05 bits per heavy atom. The highest BCUT2D eigenvalue weighted by atomic mass is 16.4. The van der Waals surface area contributed by atoms with Crippen LogP contribution in [0.1, 0.15) is 22.7 Å². The molecule has 3 rings (SSSR count). The smallest absolute Gasteiger partial charge is 0.408 e. The topological polar surface area (TPSA) is 40.5 Å². The zero-order valence-corrected chi connectivity index (χ0v) is 10.5. The highest BCUT2D eigenvalue weighted by Crippen LogP contribution is 2.34. The largest absolute Gasteiger partial charge is 0.465 e. The molecule has 0 aliphatic carbocycles. The van der Waals surface area contributed by atoms with Gasteiger partial charge in [0.1, 0.15) is 0 Å². The maximum absolute atomic E-state index is 11.5. The molecule has 0 fully saturated rings. The molecule has 3 nitrogen and oxygen atoms in total. The number of nitrogens with zero attached hydrogens (tertiary/aromatic N) is 1. The van der Waals surface area contributed by atoms with Crippen LogP contribution in [0.5, 0.6) is 0 Å². The van der Waals surface area contributed by atoms with E-state index in [9.17, 15) is 9.90 Å². The van der Waals surface area contributed by atoms with E-state index in [1.807, 2.05) is 48.5 Å². The zero-order chi connectivity index (χ0) is 13.2. The molecule has 1 heterocycles. The third kappa shape index (κ3) is 2.08. The Labute approximate surface area is 112 Å². The third-order valence-corrected chi connectivity index (χ3v) is 3.64. The lowest BCUT2D eigenvalue weighted by Gasteiger charge is -2.35. The Kier molecular flexibility index (Phi) is 2.95. The van der Waals surface area contributed by atoms with Gasteiger partial charge in [-0.05, 0) is 23.1 Å². The summed E-state index contributed by atoms with van der Waals surface area (Å²) in [5.74, 6) is 0. The highest BCUT2D eigenvalue weighted by molar-refractivity contribution is 5.67. The van der Waals surface area contributed by atoms with E-state index in [0.717, 1.165) is 17.5 Å². The van der Waals surface area contributed by atoms with Crippen molar-refractivity contribution in [2.45, 2.75) is 12.5 Å². The minimum absolute atomic E-state index is 0.191. The van der Waals surface area contributed by atoms with Gasteiger partial charge in [-0.3, -0.25) is 4.90 Å². The maximum Gasteiger partial charge on any atom is 0.408 e. The molecule has 3 heteroatoms. The van der Waals surface area contributed by atoms with Gasteiger partial charge in [0.25, 0.3) is 0 Å². The van der Waals surface area contributed by atoms with Crippen molar-refractivity contribution < 1.29 is 9.90 Å². The normalized spacial score (nSPS) is 17.9. The minimum atomic E-state index is -0.858. The number of fused-ring (bicyclic) bond motifs is 1. The van der Waals surface area contributed by atoms with Crippen molar-refractivity contribution in [3.05, 3.63) is 71.3 Å². The summed E-state index contributed by atoms with van der Waals surface area (Å²) in [7, 11) is 0. The van der Waals surface area contributed by atoms with Crippen LogP contribution in [0.4, 0.5) is 4.79 Å². The lowest BCUT2D eigenvalue weighted by molar-refractivity contribution is 0.129. The second kappa shape index (κ2) is 4.76. The fraction of sp³-hybridized carbons (Fsp3) is 0.188. The second-order valence-electron chi connectivity index (χ2n) is 4.74. The first-order chi connectivity index (χ1) is 9.27. The summed E-state index contributed by atoms with van der Waals surface area (Å²) in [4.78, 5) is 13.0. The Morgan fingerprint density at radius 3 is 2.47 bits per heavy atom. The number of carboxylic acid groups (broad SMARTS) is 1. The molecule has 0 spiro atoms. The molecule has 1 amide bonds. The maximum atomic E-state index is 11.5. The lowest BCUT2D eigenvalue weighted by Crippen LogP contribution is -2.39. The van der Waals surface area contributed by atoms with Crippen LogP contribution in [0.15, 0.2) is 54.6 Å². The van der Waals surface area contributed by atoms with Gasteiger partial charge in [-0.1, -0.05) is 54.6 Å². The summed E-state index contributed by atoms with van der Waals surface area (Å²) in [6, 6.07) is 17.7. The molecule has 1 N–H and O–H groups in total. The van der Waals surface area contributed by atoms with E-state index in [4.69, 9.17) is 0 Å². The predicted octanol–water partition coefficient (Wildman–Crippen LogP) is 3.31. The molecule has 0 radical (unpaired) electrons. The Morgan fingerprint density at radius 2 is 1.74 bits per heavy atom. The van der Waals surface area contributed by atoms with Gasteiger partial charge in [-0.15, -0.1) is 0 Å². The predicted molar refractivity (Wildman–Crippen MR) is 73.2 cm³/mol. The van der Waals surface area contributed by atoms with Gasteiger partial charge in [0, 0.05) is 6.54 Å². The Bertz CT molecular complexity index is 595. The fourth-order valence-corrected chi connectivity index (χ4v) is 2.77. The van der Waals surface area contributed by atoms with Crippen LogP contribution in [0.3, 0.4) is 0 Å². The van der Waals surface area contributed by atoms with Gasteiger partial charge in [-0.25, -0.2) is 4.79 Å². The summed E-state index contributed by atoms with van der Waals surface area (Å²) in [5, 5.41) is 9.42.